The molecule has 1 saturated carbocycles. The number of nitrogens with two attached hydrogens (primary N) is 2. The number of fused-ring (bicyclic) bond motifs is 1. The molecule has 0 atom stereocenters. The van der Waals surface area contributed by atoms with Gasteiger partial charge in [-0.25, -0.2) is 4.98 Å². The second kappa shape index (κ2) is 17.5. The van der Waals surface area contributed by atoms with Gasteiger partial charge < -0.3 is 41.3 Å². The fraction of sp³-hybridized carbons (Fsp3) is 0.442. The second-order valence-corrected chi connectivity index (χ2v) is 16.2. The van der Waals surface area contributed by atoms with Crippen LogP contribution in [0.5, 0.6) is 0 Å². The number of amides is 1. The van der Waals surface area contributed by atoms with Gasteiger partial charge in [0.05, 0.1) is 17.5 Å². The summed E-state index contributed by atoms with van der Waals surface area (Å²) in [4.78, 5) is 25.8. The molecule has 1 aliphatic carbocycles. The largest absolute Gasteiger partial charge is 0.494 e. The smallest absolute Gasteiger partial charge is 0.399 e. The average Bonchev–Trinajstić information content (AvgIpc) is 3.71. The number of nitrogens with zero attached hydrogens (tertiary/aromatic N) is 4. The Kier molecular flexibility index (Phi) is 12.8. The third-order valence-corrected chi connectivity index (χ3v) is 11.1. The van der Waals surface area contributed by atoms with Crippen LogP contribution in [-0.4, -0.2) is 55.8 Å². The summed E-state index contributed by atoms with van der Waals surface area (Å²) in [6.07, 6.45) is 5.64. The maximum Gasteiger partial charge on any atom is 0.494 e. The molecule has 0 radical (unpaired) electrons. The molecular formula is C43H58BN9O3. The summed E-state index contributed by atoms with van der Waals surface area (Å²) in [6, 6.07) is 25.7. The van der Waals surface area contributed by atoms with Gasteiger partial charge in [-0.1, -0.05) is 66.7 Å². The Hall–Kier alpha value is -4.82. The molecule has 0 bridgehead atoms. The van der Waals surface area contributed by atoms with Crippen LogP contribution in [0.25, 0.3) is 22.3 Å². The molecule has 3 aromatic carbocycles. The van der Waals surface area contributed by atoms with E-state index in [1.54, 1.807) is 6.92 Å². The van der Waals surface area contributed by atoms with Crippen LogP contribution in [0.3, 0.4) is 0 Å². The van der Waals surface area contributed by atoms with E-state index in [-0.39, 0.29) is 42.4 Å². The lowest BCUT2D eigenvalue weighted by Crippen LogP contribution is -2.41. The highest BCUT2D eigenvalue weighted by molar-refractivity contribution is 6.62. The van der Waals surface area contributed by atoms with E-state index in [0.29, 0.717) is 31.4 Å². The van der Waals surface area contributed by atoms with Gasteiger partial charge in [-0.05, 0) is 107 Å². The fourth-order valence-electron chi connectivity index (χ4n) is 7.06. The van der Waals surface area contributed by atoms with Gasteiger partial charge in [0.2, 0.25) is 11.9 Å². The molecular weight excluding hydrogens is 701 g/mol. The molecule has 12 nitrogen and oxygen atoms in total. The zero-order chi connectivity index (χ0) is 40.0. The molecule has 1 saturated heterocycles. The zero-order valence-corrected chi connectivity index (χ0v) is 33.9. The molecule has 3 heterocycles. The Balaban J connectivity index is 0.000000261. The van der Waals surface area contributed by atoms with Crippen molar-refractivity contribution in [3.63, 3.8) is 0 Å². The van der Waals surface area contributed by atoms with Crippen LogP contribution in [0.2, 0.25) is 0 Å². The van der Waals surface area contributed by atoms with E-state index in [1.807, 2.05) is 42.7 Å². The first-order valence-electron chi connectivity index (χ1n) is 19.8. The second-order valence-electron chi connectivity index (χ2n) is 16.2. The topological polar surface area (TPSA) is 167 Å². The molecule has 0 spiro atoms. The van der Waals surface area contributed by atoms with Gasteiger partial charge in [0.15, 0.2) is 17.0 Å². The molecule has 0 unspecified atom stereocenters. The molecule has 1 aliphatic heterocycles. The van der Waals surface area contributed by atoms with Gasteiger partial charge >= 0.3 is 7.12 Å². The van der Waals surface area contributed by atoms with Crippen LogP contribution in [0.1, 0.15) is 96.9 Å². The summed E-state index contributed by atoms with van der Waals surface area (Å²) in [5.41, 5.74) is 19.2. The summed E-state index contributed by atoms with van der Waals surface area (Å²) < 4.78 is 14.0. The van der Waals surface area contributed by atoms with Crippen LogP contribution in [0.4, 0.5) is 11.8 Å². The molecule has 296 valence electrons. The lowest BCUT2D eigenvalue weighted by Gasteiger charge is -2.32. The minimum Gasteiger partial charge on any atom is -0.399 e. The summed E-state index contributed by atoms with van der Waals surface area (Å²) in [7, 11) is -0.300. The van der Waals surface area contributed by atoms with Crippen LogP contribution >= 0.6 is 0 Å². The first-order chi connectivity index (χ1) is 26.7. The highest BCUT2D eigenvalue weighted by atomic mass is 16.7. The molecule has 2 fully saturated rings. The quantitative estimate of drug-likeness (QED) is 0.0945. The molecule has 2 aromatic heterocycles. The number of aromatic nitrogens is 4. The Bertz CT molecular complexity index is 2080. The van der Waals surface area contributed by atoms with Crippen LogP contribution in [0.15, 0.2) is 79.1 Å². The molecule has 7 N–H and O–H groups in total. The van der Waals surface area contributed by atoms with E-state index in [0.717, 1.165) is 70.1 Å². The minimum absolute atomic E-state index is 0.0355. The normalized spacial score (nSPS) is 18.7. The van der Waals surface area contributed by atoms with E-state index in [1.165, 1.54) is 0 Å². The van der Waals surface area contributed by atoms with Crippen molar-refractivity contribution in [1.82, 2.24) is 24.8 Å². The first-order valence-corrected chi connectivity index (χ1v) is 19.8. The molecule has 56 heavy (non-hydrogen) atoms. The van der Waals surface area contributed by atoms with Crippen LogP contribution in [0, 0.1) is 0 Å². The Morgan fingerprint density at radius 1 is 0.839 bits per heavy atom. The highest BCUT2D eigenvalue weighted by Gasteiger charge is 2.51. The lowest BCUT2D eigenvalue weighted by atomic mass is 9.78. The number of hydrogen-bond acceptors (Lipinski definition) is 10. The number of carbonyl (C=O) groups is 1. The van der Waals surface area contributed by atoms with E-state index < -0.39 is 0 Å². The number of hydrogen-bond donors (Lipinski definition) is 5. The number of carbonyl (C=O) groups excluding carboxylic acids is 1. The maximum atomic E-state index is 11.4. The molecule has 13 heteroatoms. The van der Waals surface area contributed by atoms with E-state index in [9.17, 15) is 4.79 Å². The fourth-order valence-corrected chi connectivity index (χ4v) is 7.06. The molecule has 1 amide bonds. The third-order valence-electron chi connectivity index (χ3n) is 11.1. The zero-order valence-electron chi connectivity index (χ0n) is 33.9. The standard InChI is InChI=1S/C30H38N8O.C13H20BNO2/c1-19(2)38-18-33-27-28(32-17-21-7-9-23(10-8-21)24-6-4-5-22(15-24)16-31)36-30(37-29(27)38)35-26-13-11-25(12-14-26)34-20(3)39;1-12(2)13(3,4)17-14(16-12)11-7-5-6-10(8-11)9-15/h4-10,15,18-19,25-26H,11-14,16-17,31H2,1-3H3,(H,34,39)(H2,32,35,36,37);5-8H,9,15H2,1-4H3. The average molecular weight is 760 g/mol. The maximum absolute atomic E-state index is 11.4. The SMILES string of the molecule is CC(=O)NC1CCC(Nc2nc(NCc3ccc(-c4cccc(CN)c4)cc3)c3ncn(C(C)C)c3n2)CC1.CC1(C)OB(c2cccc(CN)c2)OC1(C)C. The molecule has 5 aromatic rings. The summed E-state index contributed by atoms with van der Waals surface area (Å²) in [5, 5.41) is 10.1. The number of anilines is 2. The Labute approximate surface area is 331 Å². The number of imidazole rings is 1. The third kappa shape index (κ3) is 9.76. The number of rotatable bonds is 11. The van der Waals surface area contributed by atoms with E-state index in [4.69, 9.17) is 30.7 Å². The lowest BCUT2D eigenvalue weighted by molar-refractivity contribution is -0.119. The summed E-state index contributed by atoms with van der Waals surface area (Å²) in [5.74, 6) is 1.35. The summed E-state index contributed by atoms with van der Waals surface area (Å²) >= 11 is 0. The van der Waals surface area contributed by atoms with Crippen LogP contribution < -0.4 is 32.9 Å². The van der Waals surface area contributed by atoms with Gasteiger partial charge in [0, 0.05) is 44.7 Å². The van der Waals surface area contributed by atoms with Crippen molar-refractivity contribution in [3.05, 3.63) is 95.8 Å². The van der Waals surface area contributed by atoms with Crippen LogP contribution in [-0.2, 0) is 33.7 Å². The van der Waals surface area contributed by atoms with Crippen molar-refractivity contribution < 1.29 is 14.1 Å². The van der Waals surface area contributed by atoms with Gasteiger partial charge in [-0.15, -0.1) is 0 Å². The van der Waals surface area contributed by atoms with Crippen molar-refractivity contribution in [2.45, 2.75) is 123 Å². The van der Waals surface area contributed by atoms with Gasteiger partial charge in [-0.3, -0.25) is 4.79 Å². The minimum atomic E-state index is -0.300. The van der Waals surface area contributed by atoms with Crippen molar-refractivity contribution in [3.8, 4) is 11.1 Å². The Morgan fingerprint density at radius 3 is 2.09 bits per heavy atom. The van der Waals surface area contributed by atoms with Gasteiger partial charge in [0.1, 0.15) is 0 Å². The van der Waals surface area contributed by atoms with Crippen molar-refractivity contribution in [2.75, 3.05) is 10.6 Å². The van der Waals surface area contributed by atoms with Gasteiger partial charge in [0.25, 0.3) is 0 Å². The van der Waals surface area contributed by atoms with E-state index in [2.05, 4.69) is 103 Å². The predicted octanol–water partition coefficient (Wildman–Crippen LogP) is 6.45. The van der Waals surface area contributed by atoms with Crippen molar-refractivity contribution in [1.29, 1.82) is 0 Å². The number of nitrogens with one attached hydrogen (secondary N) is 3. The van der Waals surface area contributed by atoms with Crippen molar-refractivity contribution in [2.24, 2.45) is 11.5 Å². The highest BCUT2D eigenvalue weighted by Crippen LogP contribution is 2.36. The monoisotopic (exact) mass is 759 g/mol. The first kappa shape index (κ1) is 40.8. The van der Waals surface area contributed by atoms with Gasteiger partial charge in [-0.2, -0.15) is 9.97 Å². The summed E-state index contributed by atoms with van der Waals surface area (Å²) in [6.45, 7) is 15.7. The Morgan fingerprint density at radius 2 is 1.46 bits per heavy atom. The molecule has 2 aliphatic rings. The van der Waals surface area contributed by atoms with Crippen molar-refractivity contribution >= 4 is 41.4 Å². The predicted molar refractivity (Wildman–Crippen MR) is 226 cm³/mol. The molecule has 7 rings (SSSR count). The van der Waals surface area contributed by atoms with E-state index >= 15 is 0 Å². The number of benzene rings is 3.